The van der Waals surface area contributed by atoms with Gasteiger partial charge in [0.2, 0.25) is 6.54 Å². The molecule has 10 nitrogen and oxygen atoms in total. The van der Waals surface area contributed by atoms with Crippen LogP contribution in [0.5, 0.6) is 0 Å². The van der Waals surface area contributed by atoms with Gasteiger partial charge in [0.1, 0.15) is 13.2 Å². The number of halogens is 1. The first-order valence-electron chi connectivity index (χ1n) is 22.6. The number of hydrogen-bond donors (Lipinski definition) is 0. The Balaban J connectivity index is 0. The van der Waals surface area contributed by atoms with E-state index >= 15 is 0 Å². The van der Waals surface area contributed by atoms with Crippen LogP contribution < -0.4 is 12.4 Å². The zero-order valence-electron chi connectivity index (χ0n) is 36.8. The Bertz CT molecular complexity index is 991. The van der Waals surface area contributed by atoms with Gasteiger partial charge in [0.15, 0.2) is 6.10 Å². The van der Waals surface area contributed by atoms with Crippen LogP contribution in [-0.2, 0) is 37.2 Å². The Hall–Kier alpha value is -1.21. The summed E-state index contributed by atoms with van der Waals surface area (Å²) in [4.78, 5) is 28.8. The molecule has 0 amide bonds. The van der Waals surface area contributed by atoms with E-state index in [2.05, 4.69) is 39.8 Å². The van der Waals surface area contributed by atoms with Crippen molar-refractivity contribution >= 4 is 19.8 Å². The van der Waals surface area contributed by atoms with Gasteiger partial charge in [0.05, 0.1) is 40.9 Å². The number of carbonyl (C=O) groups is 2. The fourth-order valence-corrected chi connectivity index (χ4v) is 7.62. The van der Waals surface area contributed by atoms with Gasteiger partial charge in [-0.2, -0.15) is 0 Å². The molecule has 0 aliphatic heterocycles. The van der Waals surface area contributed by atoms with E-state index in [0.29, 0.717) is 12.8 Å². The second-order valence-electron chi connectivity index (χ2n) is 16.4. The van der Waals surface area contributed by atoms with Crippen LogP contribution in [0.1, 0.15) is 200 Å². The summed E-state index contributed by atoms with van der Waals surface area (Å²) in [5.41, 5.74) is 0. The molecule has 0 aliphatic carbocycles. The molecule has 0 fully saturated rings. The van der Waals surface area contributed by atoms with Crippen LogP contribution in [0.3, 0.4) is 0 Å². The third kappa shape index (κ3) is 41.0. The molecule has 0 spiro atoms. The number of nitrogens with zero attached hydrogens (tertiary/aromatic N) is 2. The largest absolute Gasteiger partial charge is 1.00 e. The predicted molar refractivity (Wildman–Crippen MR) is 226 cm³/mol. The van der Waals surface area contributed by atoms with E-state index in [1.165, 1.54) is 128 Å². The maximum absolute atomic E-state index is 13.5. The summed E-state index contributed by atoms with van der Waals surface area (Å²) in [5, 5.41) is 0. The van der Waals surface area contributed by atoms with Gasteiger partial charge < -0.3 is 31.2 Å². The number of carbonyl (C=O) groups excluding carboxylic acids is 2. The average Bonchev–Trinajstić information content (AvgIpc) is 3.15. The van der Waals surface area contributed by atoms with E-state index in [-0.39, 0.29) is 57.8 Å². The minimum atomic E-state index is -4.05. The van der Waals surface area contributed by atoms with E-state index in [0.717, 1.165) is 49.6 Å². The van der Waals surface area contributed by atoms with Crippen LogP contribution in [0, 0.1) is 6.57 Å². The lowest BCUT2D eigenvalue weighted by molar-refractivity contribution is -0.870. The Morgan fingerprint density at radius 3 is 1.36 bits per heavy atom. The van der Waals surface area contributed by atoms with Gasteiger partial charge in [-0.3, -0.25) is 23.2 Å². The molecule has 0 rings (SSSR count). The van der Waals surface area contributed by atoms with Crippen molar-refractivity contribution < 1.29 is 54.1 Å². The lowest BCUT2D eigenvalue weighted by atomic mass is 10.0. The highest BCUT2D eigenvalue weighted by Gasteiger charge is 2.30. The fourth-order valence-electron chi connectivity index (χ4n) is 6.39. The van der Waals surface area contributed by atoms with Gasteiger partial charge in [0.25, 0.3) is 0 Å². The molecule has 0 aliphatic rings. The molecule has 2 unspecified atom stereocenters. The van der Waals surface area contributed by atoms with Crippen molar-refractivity contribution in [2.24, 2.45) is 0 Å². The van der Waals surface area contributed by atoms with Gasteiger partial charge in [-0.1, -0.05) is 168 Å². The number of esters is 2. The molecule has 0 saturated carbocycles. The average molecular weight is 838 g/mol. The quantitative estimate of drug-likeness (QED) is 0.0197. The number of unbranched alkanes of at least 4 members (excludes halogenated alkanes) is 24. The van der Waals surface area contributed by atoms with Crippen molar-refractivity contribution in [3.05, 3.63) is 11.4 Å². The fraction of sp³-hybridized carbons (Fsp3) is 0.932. The van der Waals surface area contributed by atoms with Gasteiger partial charge in [-0.15, -0.1) is 0 Å². The third-order valence-electron chi connectivity index (χ3n) is 9.79. The zero-order valence-corrected chi connectivity index (χ0v) is 38.5. The number of hydrogen-bond acceptors (Lipinski definition) is 8. The molecule has 0 N–H and O–H groups in total. The molecule has 0 heterocycles. The number of rotatable bonds is 42. The molecule has 0 saturated heterocycles. The third-order valence-corrected chi connectivity index (χ3v) is 11.3. The summed E-state index contributed by atoms with van der Waals surface area (Å²) in [5.74, 6) is -0.759. The highest BCUT2D eigenvalue weighted by molar-refractivity contribution is 7.48. The number of ether oxygens (including phenoxy) is 2. The van der Waals surface area contributed by atoms with Gasteiger partial charge >= 0.3 is 19.8 Å². The van der Waals surface area contributed by atoms with Crippen LogP contribution in [0.4, 0.5) is 0 Å². The van der Waals surface area contributed by atoms with Crippen LogP contribution in [0.2, 0.25) is 0 Å². The molecule has 2 atom stereocenters. The summed E-state index contributed by atoms with van der Waals surface area (Å²) in [6.45, 7) is 11.8. The molecular formula is C44H86ClN2O8P. The number of phosphoric acid groups is 1. The number of phosphoric ester groups is 1. The Morgan fingerprint density at radius 1 is 0.554 bits per heavy atom. The van der Waals surface area contributed by atoms with Gasteiger partial charge in [-0.05, 0) is 12.8 Å². The molecular weight excluding hydrogens is 751 g/mol. The first-order chi connectivity index (χ1) is 26.5. The molecule has 0 bridgehead atoms. The highest BCUT2D eigenvalue weighted by Crippen LogP contribution is 2.49. The number of quaternary nitrogens is 1. The second kappa shape index (κ2) is 40.6. The van der Waals surface area contributed by atoms with Crippen LogP contribution in [0.25, 0.3) is 4.85 Å². The van der Waals surface area contributed by atoms with Crippen molar-refractivity contribution in [1.29, 1.82) is 0 Å². The molecule has 0 aromatic carbocycles. The minimum absolute atomic E-state index is 0. The van der Waals surface area contributed by atoms with Crippen LogP contribution in [-0.4, -0.2) is 83.2 Å². The van der Waals surface area contributed by atoms with Gasteiger partial charge in [-0.25, -0.2) is 11.1 Å². The van der Waals surface area contributed by atoms with E-state index in [9.17, 15) is 14.2 Å². The van der Waals surface area contributed by atoms with E-state index in [4.69, 9.17) is 29.6 Å². The summed E-state index contributed by atoms with van der Waals surface area (Å²) in [6, 6.07) is 0. The van der Waals surface area contributed by atoms with E-state index in [1.807, 2.05) is 0 Å². The maximum Gasteiger partial charge on any atom is 0.475 e. The standard InChI is InChI=1S/C44H86N2O8P.ClH/c1-7-9-11-13-15-17-19-21-23-25-27-29-31-34-43(47)50-40-42(41-53-55(49,52-39-36-45-3)51-38-33-37-46(4,5)6)54-44(48)35-32-30-28-26-24-22-20-18-16-14-12-10-8-2;/h42H,7-41H2,1-2,4-6H3;1H/q+1;/p-1. The van der Waals surface area contributed by atoms with Crippen molar-refractivity contribution in [2.45, 2.75) is 206 Å². The van der Waals surface area contributed by atoms with Crippen molar-refractivity contribution in [1.82, 2.24) is 0 Å². The summed E-state index contributed by atoms with van der Waals surface area (Å²) in [6.07, 6.45) is 32.0. The van der Waals surface area contributed by atoms with Crippen molar-refractivity contribution in [3.63, 3.8) is 0 Å². The molecule has 12 heteroatoms. The second-order valence-corrected chi connectivity index (χ2v) is 18.1. The van der Waals surface area contributed by atoms with E-state index < -0.39 is 19.9 Å². The lowest BCUT2D eigenvalue weighted by Crippen LogP contribution is -3.00. The predicted octanol–water partition coefficient (Wildman–Crippen LogP) is 9.58. The van der Waals surface area contributed by atoms with Crippen LogP contribution in [0.15, 0.2) is 0 Å². The lowest BCUT2D eigenvalue weighted by Gasteiger charge is -2.25. The smallest absolute Gasteiger partial charge is 0.475 e. The zero-order chi connectivity index (χ0) is 40.7. The molecule has 56 heavy (non-hydrogen) atoms. The van der Waals surface area contributed by atoms with Crippen molar-refractivity contribution in [2.75, 3.05) is 60.7 Å². The maximum atomic E-state index is 13.5. The summed E-state index contributed by atoms with van der Waals surface area (Å²) < 4.78 is 42.1. The normalized spacial score (nSPS) is 13.1. The van der Waals surface area contributed by atoms with E-state index in [1.54, 1.807) is 0 Å². The Morgan fingerprint density at radius 2 is 0.946 bits per heavy atom. The van der Waals surface area contributed by atoms with Crippen LogP contribution >= 0.6 is 7.82 Å². The highest BCUT2D eigenvalue weighted by atomic mass is 35.5. The molecule has 332 valence electrons. The SMILES string of the molecule is [C-]#[N+]CCOP(=O)(OCCC[N+](C)(C)C)OCC(COC(=O)CCCCCCCCCCCCCCC)OC(=O)CCCCCCCCCCCCCCC.[Cl-]. The summed E-state index contributed by atoms with van der Waals surface area (Å²) >= 11 is 0. The monoisotopic (exact) mass is 837 g/mol. The molecule has 0 radical (unpaired) electrons. The first-order valence-corrected chi connectivity index (χ1v) is 24.0. The Labute approximate surface area is 351 Å². The molecule has 0 aromatic heterocycles. The summed E-state index contributed by atoms with van der Waals surface area (Å²) in [7, 11) is 2.11. The van der Waals surface area contributed by atoms with Gasteiger partial charge in [0, 0.05) is 19.3 Å². The topological polar surface area (TPSA) is 102 Å². The van der Waals surface area contributed by atoms with Crippen molar-refractivity contribution in [3.8, 4) is 0 Å². The molecule has 0 aromatic rings. The minimum Gasteiger partial charge on any atom is -1.00 e. The first kappa shape index (κ1) is 56.9. The Kier molecular flexibility index (Phi) is 41.2.